The quantitative estimate of drug-likeness (QED) is 0.860. The Morgan fingerprint density at radius 1 is 1.22 bits per heavy atom. The number of nitrogens with one attached hydrogen (secondary N) is 1. The van der Waals surface area contributed by atoms with Crippen molar-refractivity contribution in [2.45, 2.75) is 57.7 Å². The third-order valence-corrected chi connectivity index (χ3v) is 3.31. The standard InChI is InChI=1S/C15H24N2O/c1-11(2)18-15-8-6-13(7-9-15)17-14-5-3-4-12(16)10-14/h6-9,11-12,14,17H,3-5,10,16H2,1-2H3. The molecule has 1 fully saturated rings. The van der Waals surface area contributed by atoms with Crippen molar-refractivity contribution in [2.24, 2.45) is 5.73 Å². The molecule has 2 unspecified atom stereocenters. The van der Waals surface area contributed by atoms with Gasteiger partial charge in [0.05, 0.1) is 6.10 Å². The molecule has 3 nitrogen and oxygen atoms in total. The zero-order valence-corrected chi connectivity index (χ0v) is 11.4. The van der Waals surface area contributed by atoms with E-state index in [4.69, 9.17) is 10.5 Å². The van der Waals surface area contributed by atoms with E-state index >= 15 is 0 Å². The summed E-state index contributed by atoms with van der Waals surface area (Å²) in [5.41, 5.74) is 7.16. The van der Waals surface area contributed by atoms with E-state index in [9.17, 15) is 0 Å². The fourth-order valence-electron chi connectivity index (χ4n) is 2.50. The summed E-state index contributed by atoms with van der Waals surface area (Å²) in [4.78, 5) is 0. The number of anilines is 1. The SMILES string of the molecule is CC(C)Oc1ccc(NC2CCCC(N)C2)cc1. The van der Waals surface area contributed by atoms with E-state index < -0.39 is 0 Å². The molecule has 3 heteroatoms. The Morgan fingerprint density at radius 2 is 1.94 bits per heavy atom. The second kappa shape index (κ2) is 6.10. The highest BCUT2D eigenvalue weighted by molar-refractivity contribution is 5.47. The van der Waals surface area contributed by atoms with Crippen LogP contribution in [0.3, 0.4) is 0 Å². The Kier molecular flexibility index (Phi) is 4.48. The lowest BCUT2D eigenvalue weighted by atomic mass is 9.91. The lowest BCUT2D eigenvalue weighted by molar-refractivity contribution is 0.242. The molecule has 0 aromatic heterocycles. The van der Waals surface area contributed by atoms with Crippen LogP contribution in [-0.2, 0) is 0 Å². The smallest absolute Gasteiger partial charge is 0.119 e. The van der Waals surface area contributed by atoms with E-state index in [1.807, 2.05) is 26.0 Å². The fourth-order valence-corrected chi connectivity index (χ4v) is 2.50. The van der Waals surface area contributed by atoms with Gasteiger partial charge < -0.3 is 15.8 Å². The van der Waals surface area contributed by atoms with Gasteiger partial charge in [0.1, 0.15) is 5.75 Å². The zero-order valence-electron chi connectivity index (χ0n) is 11.4. The van der Waals surface area contributed by atoms with Crippen LogP contribution in [0.4, 0.5) is 5.69 Å². The second-order valence-corrected chi connectivity index (χ2v) is 5.46. The molecule has 3 N–H and O–H groups in total. The lowest BCUT2D eigenvalue weighted by Crippen LogP contribution is -2.34. The maximum atomic E-state index is 6.00. The van der Waals surface area contributed by atoms with E-state index in [2.05, 4.69) is 17.4 Å². The Morgan fingerprint density at radius 3 is 2.56 bits per heavy atom. The van der Waals surface area contributed by atoms with Gasteiger partial charge in [-0.2, -0.15) is 0 Å². The van der Waals surface area contributed by atoms with Crippen LogP contribution in [-0.4, -0.2) is 18.2 Å². The fraction of sp³-hybridized carbons (Fsp3) is 0.600. The number of ether oxygens (including phenoxy) is 1. The van der Waals surface area contributed by atoms with E-state index in [1.54, 1.807) is 0 Å². The maximum Gasteiger partial charge on any atom is 0.119 e. The van der Waals surface area contributed by atoms with E-state index in [1.165, 1.54) is 19.3 Å². The number of hydrogen-bond acceptors (Lipinski definition) is 3. The molecule has 2 atom stereocenters. The highest BCUT2D eigenvalue weighted by Crippen LogP contribution is 2.23. The molecule has 0 spiro atoms. The minimum Gasteiger partial charge on any atom is -0.491 e. The molecule has 0 radical (unpaired) electrons. The molecule has 1 saturated carbocycles. The first-order valence-corrected chi connectivity index (χ1v) is 6.92. The first kappa shape index (κ1) is 13.2. The summed E-state index contributed by atoms with van der Waals surface area (Å²) in [6.45, 7) is 4.07. The maximum absolute atomic E-state index is 6.00. The second-order valence-electron chi connectivity index (χ2n) is 5.46. The van der Waals surface area contributed by atoms with Gasteiger partial charge in [-0.25, -0.2) is 0 Å². The molecule has 1 aromatic carbocycles. The van der Waals surface area contributed by atoms with Crippen LogP contribution < -0.4 is 15.8 Å². The molecule has 0 amide bonds. The molecule has 18 heavy (non-hydrogen) atoms. The van der Waals surface area contributed by atoms with Crippen LogP contribution >= 0.6 is 0 Å². The predicted octanol–water partition coefficient (Wildman–Crippen LogP) is 3.16. The van der Waals surface area contributed by atoms with Gasteiger partial charge >= 0.3 is 0 Å². The topological polar surface area (TPSA) is 47.3 Å². The minimum atomic E-state index is 0.222. The van der Waals surface area contributed by atoms with Crippen LogP contribution in [0.15, 0.2) is 24.3 Å². The third-order valence-electron chi connectivity index (χ3n) is 3.31. The molecule has 100 valence electrons. The monoisotopic (exact) mass is 248 g/mol. The normalized spacial score (nSPS) is 24.0. The zero-order chi connectivity index (χ0) is 13.0. The largest absolute Gasteiger partial charge is 0.491 e. The predicted molar refractivity (Wildman–Crippen MR) is 76.1 cm³/mol. The Hall–Kier alpha value is -1.22. The van der Waals surface area contributed by atoms with Crippen LogP contribution in [0.1, 0.15) is 39.5 Å². The number of nitrogens with two attached hydrogens (primary N) is 1. The Balaban J connectivity index is 1.89. The van der Waals surface area contributed by atoms with E-state index in [0.717, 1.165) is 17.9 Å². The number of benzene rings is 1. The molecule has 0 saturated heterocycles. The molecule has 1 aliphatic rings. The molecule has 1 aliphatic carbocycles. The third kappa shape index (κ3) is 3.91. The van der Waals surface area contributed by atoms with Crippen LogP contribution in [0.25, 0.3) is 0 Å². The van der Waals surface area contributed by atoms with E-state index in [0.29, 0.717) is 12.1 Å². The van der Waals surface area contributed by atoms with Crippen molar-refractivity contribution in [1.29, 1.82) is 0 Å². The summed E-state index contributed by atoms with van der Waals surface area (Å²) in [6, 6.07) is 9.08. The van der Waals surface area contributed by atoms with Gasteiger partial charge in [0.25, 0.3) is 0 Å². The minimum absolute atomic E-state index is 0.222. The summed E-state index contributed by atoms with van der Waals surface area (Å²) in [5, 5.41) is 3.56. The van der Waals surface area contributed by atoms with Crippen molar-refractivity contribution in [1.82, 2.24) is 0 Å². The Bertz CT molecular complexity index is 361. The van der Waals surface area contributed by atoms with Crippen LogP contribution in [0, 0.1) is 0 Å². The van der Waals surface area contributed by atoms with Crippen molar-refractivity contribution in [3.63, 3.8) is 0 Å². The average molecular weight is 248 g/mol. The van der Waals surface area contributed by atoms with Crippen molar-refractivity contribution >= 4 is 5.69 Å². The highest BCUT2D eigenvalue weighted by atomic mass is 16.5. The van der Waals surface area contributed by atoms with Gasteiger partial charge in [-0.1, -0.05) is 0 Å². The van der Waals surface area contributed by atoms with E-state index in [-0.39, 0.29) is 6.10 Å². The molecule has 1 aromatic rings. The van der Waals surface area contributed by atoms with Gasteiger partial charge in [0.15, 0.2) is 0 Å². The van der Waals surface area contributed by atoms with Gasteiger partial charge in [0, 0.05) is 17.8 Å². The highest BCUT2D eigenvalue weighted by Gasteiger charge is 2.18. The molecular formula is C15H24N2O. The lowest BCUT2D eigenvalue weighted by Gasteiger charge is -2.28. The average Bonchev–Trinajstić information content (AvgIpc) is 2.31. The summed E-state index contributed by atoms with van der Waals surface area (Å²) in [6.07, 6.45) is 4.91. The summed E-state index contributed by atoms with van der Waals surface area (Å²) in [5.74, 6) is 0.927. The summed E-state index contributed by atoms with van der Waals surface area (Å²) >= 11 is 0. The molecule has 0 bridgehead atoms. The number of rotatable bonds is 4. The number of hydrogen-bond donors (Lipinski definition) is 2. The van der Waals surface area contributed by atoms with Gasteiger partial charge in [-0.15, -0.1) is 0 Å². The Labute approximate surface area is 110 Å². The van der Waals surface area contributed by atoms with Crippen molar-refractivity contribution < 1.29 is 4.74 Å². The van der Waals surface area contributed by atoms with Crippen LogP contribution in [0.2, 0.25) is 0 Å². The molecule has 2 rings (SSSR count). The first-order chi connectivity index (χ1) is 8.63. The van der Waals surface area contributed by atoms with Crippen molar-refractivity contribution in [3.8, 4) is 5.75 Å². The van der Waals surface area contributed by atoms with Crippen molar-refractivity contribution in [3.05, 3.63) is 24.3 Å². The molecule has 0 heterocycles. The van der Waals surface area contributed by atoms with Crippen LogP contribution in [0.5, 0.6) is 5.75 Å². The summed E-state index contributed by atoms with van der Waals surface area (Å²) in [7, 11) is 0. The first-order valence-electron chi connectivity index (χ1n) is 6.92. The summed E-state index contributed by atoms with van der Waals surface area (Å²) < 4.78 is 5.63. The molecular weight excluding hydrogens is 224 g/mol. The van der Waals surface area contributed by atoms with Gasteiger partial charge in [0.2, 0.25) is 0 Å². The van der Waals surface area contributed by atoms with Crippen molar-refractivity contribution in [2.75, 3.05) is 5.32 Å². The molecule has 0 aliphatic heterocycles. The van der Waals surface area contributed by atoms with Gasteiger partial charge in [-0.3, -0.25) is 0 Å². The van der Waals surface area contributed by atoms with Gasteiger partial charge in [-0.05, 0) is 63.8 Å².